The predicted octanol–water partition coefficient (Wildman–Crippen LogP) is 4.36. The van der Waals surface area contributed by atoms with Crippen molar-refractivity contribution < 1.29 is 9.59 Å². The van der Waals surface area contributed by atoms with E-state index in [1.54, 1.807) is 47.8 Å². The van der Waals surface area contributed by atoms with E-state index in [1.807, 2.05) is 24.4 Å². The topological polar surface area (TPSA) is 82.0 Å². The summed E-state index contributed by atoms with van der Waals surface area (Å²) in [7, 11) is 0. The number of rotatable bonds is 5. The summed E-state index contributed by atoms with van der Waals surface area (Å²) in [6.07, 6.45) is 0. The summed E-state index contributed by atoms with van der Waals surface area (Å²) in [5, 5.41) is 18.2. The van der Waals surface area contributed by atoms with Gasteiger partial charge in [-0.15, -0.1) is 0 Å². The Morgan fingerprint density at radius 2 is 1.78 bits per heavy atom. The summed E-state index contributed by atoms with van der Waals surface area (Å²) in [5.41, 5.74) is 2.86. The van der Waals surface area contributed by atoms with E-state index in [-0.39, 0.29) is 17.9 Å². The first kappa shape index (κ1) is 18.4. The van der Waals surface area contributed by atoms with Crippen LogP contribution in [-0.2, 0) is 0 Å². The second-order valence-electron chi connectivity index (χ2n) is 5.94. The van der Waals surface area contributed by atoms with Crippen LogP contribution in [0.3, 0.4) is 0 Å². The number of benzene rings is 2. The van der Waals surface area contributed by atoms with Crippen LogP contribution in [0.25, 0.3) is 0 Å². The van der Waals surface area contributed by atoms with Gasteiger partial charge >= 0.3 is 0 Å². The Hall–Kier alpha value is -3.43. The van der Waals surface area contributed by atoms with E-state index in [0.29, 0.717) is 22.4 Å². The second kappa shape index (κ2) is 8.30. The van der Waals surface area contributed by atoms with Gasteiger partial charge in [-0.3, -0.25) is 9.59 Å². The van der Waals surface area contributed by atoms with Gasteiger partial charge in [-0.2, -0.15) is 16.6 Å². The number of nitrogens with zero attached hydrogens (tertiary/aromatic N) is 1. The highest BCUT2D eigenvalue weighted by molar-refractivity contribution is 7.08. The zero-order chi connectivity index (χ0) is 19.2. The largest absolute Gasteiger partial charge is 0.345 e. The van der Waals surface area contributed by atoms with E-state index in [9.17, 15) is 9.59 Å². The molecule has 0 radical (unpaired) electrons. The lowest BCUT2D eigenvalue weighted by Gasteiger charge is -2.16. The standard InChI is InChI=1S/C21H17N3O2S/c1-14(16-8-6-15(12-22)7-9-16)23-21(26)18-4-2-3-5-19(18)24-20(25)17-10-11-27-13-17/h2-11,13-14H,1H3,(H,23,26)(H,24,25). The molecule has 0 aliphatic rings. The summed E-state index contributed by atoms with van der Waals surface area (Å²) in [4.78, 5) is 25.0. The predicted molar refractivity (Wildman–Crippen MR) is 106 cm³/mol. The van der Waals surface area contributed by atoms with Crippen LogP contribution in [0.15, 0.2) is 65.4 Å². The minimum absolute atomic E-state index is 0.245. The molecule has 0 aliphatic carbocycles. The zero-order valence-corrected chi connectivity index (χ0v) is 15.4. The summed E-state index contributed by atoms with van der Waals surface area (Å²) < 4.78 is 0. The second-order valence-corrected chi connectivity index (χ2v) is 6.72. The molecule has 0 saturated heterocycles. The third-order valence-electron chi connectivity index (χ3n) is 4.09. The molecule has 1 aromatic heterocycles. The molecule has 27 heavy (non-hydrogen) atoms. The zero-order valence-electron chi connectivity index (χ0n) is 14.6. The number of anilines is 1. The molecule has 2 amide bonds. The fraction of sp³-hybridized carbons (Fsp3) is 0.0952. The molecule has 5 nitrogen and oxygen atoms in total. The van der Waals surface area contributed by atoms with E-state index in [1.165, 1.54) is 11.3 Å². The van der Waals surface area contributed by atoms with Crippen molar-refractivity contribution in [2.75, 3.05) is 5.32 Å². The highest BCUT2D eigenvalue weighted by atomic mass is 32.1. The summed E-state index contributed by atoms with van der Waals surface area (Å²) >= 11 is 1.44. The number of amides is 2. The third-order valence-corrected chi connectivity index (χ3v) is 4.77. The number of para-hydroxylation sites is 1. The fourth-order valence-electron chi connectivity index (χ4n) is 2.58. The van der Waals surface area contributed by atoms with Crippen LogP contribution in [0.2, 0.25) is 0 Å². The Morgan fingerprint density at radius 1 is 1.04 bits per heavy atom. The van der Waals surface area contributed by atoms with Gasteiger partial charge in [0.25, 0.3) is 11.8 Å². The van der Waals surface area contributed by atoms with Gasteiger partial charge in [0.1, 0.15) is 0 Å². The molecular weight excluding hydrogens is 358 g/mol. The Labute approximate surface area is 161 Å². The maximum Gasteiger partial charge on any atom is 0.256 e. The lowest BCUT2D eigenvalue weighted by Crippen LogP contribution is -2.28. The first-order valence-electron chi connectivity index (χ1n) is 8.32. The summed E-state index contributed by atoms with van der Waals surface area (Å²) in [5.74, 6) is -0.537. The van der Waals surface area contributed by atoms with Crippen molar-refractivity contribution in [1.82, 2.24) is 5.32 Å². The highest BCUT2D eigenvalue weighted by Gasteiger charge is 2.16. The molecule has 0 spiro atoms. The molecule has 0 bridgehead atoms. The van der Waals surface area contributed by atoms with Gasteiger partial charge in [-0.25, -0.2) is 0 Å². The van der Waals surface area contributed by atoms with Crippen LogP contribution in [0.1, 0.15) is 44.8 Å². The number of hydrogen-bond donors (Lipinski definition) is 2. The van der Waals surface area contributed by atoms with Crippen molar-refractivity contribution in [3.8, 4) is 6.07 Å². The quantitative estimate of drug-likeness (QED) is 0.695. The van der Waals surface area contributed by atoms with E-state index in [2.05, 4.69) is 16.7 Å². The molecule has 3 aromatic rings. The van der Waals surface area contributed by atoms with Gasteiger partial charge in [0.15, 0.2) is 0 Å². The monoisotopic (exact) mass is 375 g/mol. The maximum absolute atomic E-state index is 12.7. The van der Waals surface area contributed by atoms with Crippen LogP contribution in [0.5, 0.6) is 0 Å². The summed E-state index contributed by atoms with van der Waals surface area (Å²) in [6.45, 7) is 1.87. The van der Waals surface area contributed by atoms with E-state index >= 15 is 0 Å². The van der Waals surface area contributed by atoms with Gasteiger partial charge in [0, 0.05) is 5.38 Å². The molecule has 1 atom stereocenters. The van der Waals surface area contributed by atoms with Crippen molar-refractivity contribution in [1.29, 1.82) is 5.26 Å². The Balaban J connectivity index is 1.74. The average molecular weight is 375 g/mol. The summed E-state index contributed by atoms with van der Waals surface area (Å²) in [6, 6.07) is 17.5. The van der Waals surface area contributed by atoms with Gasteiger partial charge < -0.3 is 10.6 Å². The van der Waals surface area contributed by atoms with Crippen molar-refractivity contribution in [2.45, 2.75) is 13.0 Å². The van der Waals surface area contributed by atoms with Gasteiger partial charge in [-0.1, -0.05) is 24.3 Å². The number of nitrogens with one attached hydrogen (secondary N) is 2. The normalized spacial score (nSPS) is 11.3. The fourth-order valence-corrected chi connectivity index (χ4v) is 3.22. The molecule has 2 N–H and O–H groups in total. The Kier molecular flexibility index (Phi) is 5.64. The lowest BCUT2D eigenvalue weighted by molar-refractivity contribution is 0.0941. The third kappa shape index (κ3) is 4.40. The van der Waals surface area contributed by atoms with Gasteiger partial charge in [0.05, 0.1) is 34.5 Å². The molecule has 0 fully saturated rings. The smallest absolute Gasteiger partial charge is 0.256 e. The molecular formula is C21H17N3O2S. The average Bonchev–Trinajstić information content (AvgIpc) is 3.23. The van der Waals surface area contributed by atoms with Gasteiger partial charge in [-0.05, 0) is 48.2 Å². The molecule has 6 heteroatoms. The minimum Gasteiger partial charge on any atom is -0.345 e. The number of hydrogen-bond acceptors (Lipinski definition) is 4. The van der Waals surface area contributed by atoms with Crippen molar-refractivity contribution in [2.24, 2.45) is 0 Å². The van der Waals surface area contributed by atoms with E-state index < -0.39 is 0 Å². The van der Waals surface area contributed by atoms with E-state index in [4.69, 9.17) is 5.26 Å². The van der Waals surface area contributed by atoms with Crippen molar-refractivity contribution >= 4 is 28.8 Å². The number of carbonyl (C=O) groups is 2. The van der Waals surface area contributed by atoms with E-state index in [0.717, 1.165) is 5.56 Å². The lowest BCUT2D eigenvalue weighted by atomic mass is 10.1. The first-order valence-corrected chi connectivity index (χ1v) is 9.26. The number of nitriles is 1. The Bertz CT molecular complexity index is 989. The van der Waals surface area contributed by atoms with Crippen molar-refractivity contribution in [3.63, 3.8) is 0 Å². The molecule has 3 rings (SSSR count). The molecule has 134 valence electrons. The highest BCUT2D eigenvalue weighted by Crippen LogP contribution is 2.19. The molecule has 0 saturated carbocycles. The van der Waals surface area contributed by atoms with Crippen molar-refractivity contribution in [3.05, 3.63) is 87.6 Å². The first-order chi connectivity index (χ1) is 13.1. The van der Waals surface area contributed by atoms with Crippen LogP contribution >= 0.6 is 11.3 Å². The molecule has 0 aliphatic heterocycles. The van der Waals surface area contributed by atoms with Crippen LogP contribution < -0.4 is 10.6 Å². The minimum atomic E-state index is -0.284. The molecule has 1 unspecified atom stereocenters. The maximum atomic E-state index is 12.7. The Morgan fingerprint density at radius 3 is 2.44 bits per heavy atom. The van der Waals surface area contributed by atoms with Crippen LogP contribution in [0, 0.1) is 11.3 Å². The molecule has 2 aromatic carbocycles. The van der Waals surface area contributed by atoms with Crippen LogP contribution in [-0.4, -0.2) is 11.8 Å². The number of carbonyl (C=O) groups excluding carboxylic acids is 2. The van der Waals surface area contributed by atoms with Gasteiger partial charge in [0.2, 0.25) is 0 Å². The van der Waals surface area contributed by atoms with Crippen LogP contribution in [0.4, 0.5) is 5.69 Å². The number of thiophene rings is 1. The molecule has 1 heterocycles. The SMILES string of the molecule is CC(NC(=O)c1ccccc1NC(=O)c1ccsc1)c1ccc(C#N)cc1.